The summed E-state index contributed by atoms with van der Waals surface area (Å²) < 4.78 is 5.64. The lowest BCUT2D eigenvalue weighted by atomic mass is 10.1. The summed E-state index contributed by atoms with van der Waals surface area (Å²) in [6.45, 7) is 3.53. The average molecular weight is 458 g/mol. The van der Waals surface area contributed by atoms with Gasteiger partial charge in [0.05, 0.1) is 0 Å². The van der Waals surface area contributed by atoms with Gasteiger partial charge in [-0.25, -0.2) is 0 Å². The Labute approximate surface area is 185 Å². The van der Waals surface area contributed by atoms with E-state index in [4.69, 9.17) is 39.5 Å². The summed E-state index contributed by atoms with van der Waals surface area (Å²) in [5.74, 6) is -0.112. The number of carbonyl (C=O) groups is 2. The first kappa shape index (κ1) is 23.3. The lowest BCUT2D eigenvalue weighted by molar-refractivity contribution is -0.142. The largest absolute Gasteiger partial charge is 0.484 e. The Morgan fingerprint density at radius 1 is 1.10 bits per heavy atom. The molecule has 2 aromatic rings. The van der Waals surface area contributed by atoms with E-state index in [1.807, 2.05) is 13.8 Å². The number of likely N-dealkylation sites (N-methyl/N-ethyl adjacent to an activating group) is 1. The quantitative estimate of drug-likeness (QED) is 0.614. The molecule has 5 nitrogen and oxygen atoms in total. The zero-order valence-electron chi connectivity index (χ0n) is 16.5. The van der Waals surface area contributed by atoms with Crippen molar-refractivity contribution in [2.24, 2.45) is 0 Å². The van der Waals surface area contributed by atoms with Crippen molar-refractivity contribution >= 4 is 46.6 Å². The van der Waals surface area contributed by atoms with E-state index in [-0.39, 0.29) is 25.0 Å². The van der Waals surface area contributed by atoms with Crippen molar-refractivity contribution < 1.29 is 14.3 Å². The number of ether oxygens (including phenoxy) is 1. The Morgan fingerprint density at radius 3 is 2.31 bits per heavy atom. The maximum atomic E-state index is 13.0. The standard InChI is InChI=1S/C21H23Cl3N2O3/c1-4-19(21(28)25-3)26(11-15-17(23)6-5-7-18(15)24)20(27)12-29-14-8-9-16(22)13(2)10-14/h5-10,19H,4,11-12H2,1-3H3,(H,25,28)/t19-/m0/s1. The van der Waals surface area contributed by atoms with Gasteiger partial charge in [-0.3, -0.25) is 9.59 Å². The molecule has 156 valence electrons. The Hall–Kier alpha value is -1.95. The van der Waals surface area contributed by atoms with Crippen molar-refractivity contribution in [1.29, 1.82) is 0 Å². The maximum absolute atomic E-state index is 13.0. The van der Waals surface area contributed by atoms with E-state index in [0.717, 1.165) is 5.56 Å². The van der Waals surface area contributed by atoms with E-state index in [9.17, 15) is 9.59 Å². The molecule has 2 amide bonds. The van der Waals surface area contributed by atoms with Gasteiger partial charge in [0, 0.05) is 34.2 Å². The average Bonchev–Trinajstić information content (AvgIpc) is 2.70. The van der Waals surface area contributed by atoms with E-state index >= 15 is 0 Å². The van der Waals surface area contributed by atoms with Gasteiger partial charge in [0.15, 0.2) is 6.61 Å². The molecule has 29 heavy (non-hydrogen) atoms. The number of benzene rings is 2. The van der Waals surface area contributed by atoms with Gasteiger partial charge in [-0.05, 0) is 49.2 Å². The number of carbonyl (C=O) groups excluding carboxylic acids is 2. The minimum absolute atomic E-state index is 0.0896. The molecule has 0 heterocycles. The highest BCUT2D eigenvalue weighted by atomic mass is 35.5. The minimum Gasteiger partial charge on any atom is -0.484 e. The van der Waals surface area contributed by atoms with Crippen LogP contribution in [0.4, 0.5) is 0 Å². The first-order chi connectivity index (χ1) is 13.8. The van der Waals surface area contributed by atoms with E-state index < -0.39 is 6.04 Å². The predicted molar refractivity (Wildman–Crippen MR) is 117 cm³/mol. The fraction of sp³-hybridized carbons (Fsp3) is 0.333. The number of amides is 2. The highest BCUT2D eigenvalue weighted by Gasteiger charge is 2.29. The zero-order valence-corrected chi connectivity index (χ0v) is 18.7. The summed E-state index contributed by atoms with van der Waals surface area (Å²) in [4.78, 5) is 26.8. The van der Waals surface area contributed by atoms with Crippen LogP contribution >= 0.6 is 34.8 Å². The molecule has 2 rings (SSSR count). The van der Waals surface area contributed by atoms with Crippen molar-refractivity contribution in [2.45, 2.75) is 32.9 Å². The van der Waals surface area contributed by atoms with Crippen LogP contribution in [0.1, 0.15) is 24.5 Å². The first-order valence-electron chi connectivity index (χ1n) is 9.11. The third kappa shape index (κ3) is 6.01. The molecule has 0 unspecified atom stereocenters. The molecule has 0 aliphatic carbocycles. The van der Waals surface area contributed by atoms with E-state index in [2.05, 4.69) is 5.32 Å². The van der Waals surface area contributed by atoms with Crippen LogP contribution in [0.3, 0.4) is 0 Å². The van der Waals surface area contributed by atoms with E-state index in [1.54, 1.807) is 36.4 Å². The molecule has 0 bridgehead atoms. The van der Waals surface area contributed by atoms with Gasteiger partial charge in [-0.15, -0.1) is 0 Å². The third-order valence-electron chi connectivity index (χ3n) is 4.51. The fourth-order valence-corrected chi connectivity index (χ4v) is 3.51. The molecular weight excluding hydrogens is 435 g/mol. The number of aryl methyl sites for hydroxylation is 1. The molecule has 1 atom stereocenters. The highest BCUT2D eigenvalue weighted by molar-refractivity contribution is 6.36. The topological polar surface area (TPSA) is 58.6 Å². The second-order valence-corrected chi connectivity index (χ2v) is 7.68. The van der Waals surface area contributed by atoms with Crippen molar-refractivity contribution in [3.05, 3.63) is 62.6 Å². The summed E-state index contributed by atoms with van der Waals surface area (Å²) in [6, 6.07) is 9.57. The monoisotopic (exact) mass is 456 g/mol. The molecule has 0 radical (unpaired) electrons. The summed E-state index contributed by atoms with van der Waals surface area (Å²) >= 11 is 18.6. The van der Waals surface area contributed by atoms with Crippen molar-refractivity contribution in [3.63, 3.8) is 0 Å². The number of halogens is 3. The van der Waals surface area contributed by atoms with Crippen molar-refractivity contribution in [1.82, 2.24) is 10.2 Å². The Bertz CT molecular complexity index is 869. The van der Waals surface area contributed by atoms with Gasteiger partial charge in [-0.1, -0.05) is 47.8 Å². The summed E-state index contributed by atoms with van der Waals surface area (Å²) in [7, 11) is 1.53. The molecule has 0 saturated heterocycles. The van der Waals surface area contributed by atoms with Crippen LogP contribution in [0.2, 0.25) is 15.1 Å². The first-order valence-corrected chi connectivity index (χ1v) is 10.2. The molecular formula is C21H23Cl3N2O3. The van der Waals surface area contributed by atoms with Crippen molar-refractivity contribution in [2.75, 3.05) is 13.7 Å². The molecule has 0 aromatic heterocycles. The van der Waals surface area contributed by atoms with E-state index in [1.165, 1.54) is 11.9 Å². The van der Waals surface area contributed by atoms with E-state index in [0.29, 0.717) is 32.8 Å². The SMILES string of the molecule is CC[C@@H](C(=O)NC)N(Cc1c(Cl)cccc1Cl)C(=O)COc1ccc(Cl)c(C)c1. The fourth-order valence-electron chi connectivity index (χ4n) is 2.87. The Kier molecular flexibility index (Phi) is 8.62. The van der Waals surface area contributed by atoms with Gasteiger partial charge in [0.1, 0.15) is 11.8 Å². The Morgan fingerprint density at radius 2 is 1.76 bits per heavy atom. The van der Waals surface area contributed by atoms with Gasteiger partial charge in [0.25, 0.3) is 5.91 Å². The van der Waals surface area contributed by atoms with Crippen LogP contribution in [-0.2, 0) is 16.1 Å². The molecule has 2 aromatic carbocycles. The Balaban J connectivity index is 2.26. The number of hydrogen-bond acceptors (Lipinski definition) is 3. The van der Waals surface area contributed by atoms with Crippen LogP contribution in [0, 0.1) is 6.92 Å². The van der Waals surface area contributed by atoms with Crippen LogP contribution < -0.4 is 10.1 Å². The smallest absolute Gasteiger partial charge is 0.261 e. The maximum Gasteiger partial charge on any atom is 0.261 e. The van der Waals surface area contributed by atoms with Crippen LogP contribution in [-0.4, -0.2) is 36.4 Å². The molecule has 0 spiro atoms. The second kappa shape index (κ2) is 10.7. The third-order valence-corrected chi connectivity index (χ3v) is 5.65. The molecule has 0 saturated carbocycles. The zero-order chi connectivity index (χ0) is 21.6. The van der Waals surface area contributed by atoms with Crippen LogP contribution in [0.5, 0.6) is 5.75 Å². The number of hydrogen-bond donors (Lipinski definition) is 1. The summed E-state index contributed by atoms with van der Waals surface area (Å²) in [5.41, 5.74) is 1.42. The lowest BCUT2D eigenvalue weighted by Gasteiger charge is -2.30. The normalized spacial score (nSPS) is 11.7. The van der Waals surface area contributed by atoms with Gasteiger partial charge in [-0.2, -0.15) is 0 Å². The predicted octanol–water partition coefficient (Wildman–Crippen LogP) is 4.89. The highest BCUT2D eigenvalue weighted by Crippen LogP contribution is 2.27. The van der Waals surface area contributed by atoms with Gasteiger partial charge >= 0.3 is 0 Å². The van der Waals surface area contributed by atoms with Crippen molar-refractivity contribution in [3.8, 4) is 5.75 Å². The van der Waals surface area contributed by atoms with Crippen LogP contribution in [0.15, 0.2) is 36.4 Å². The van der Waals surface area contributed by atoms with Crippen LogP contribution in [0.25, 0.3) is 0 Å². The van der Waals surface area contributed by atoms with Gasteiger partial charge < -0.3 is 15.0 Å². The summed E-state index contributed by atoms with van der Waals surface area (Å²) in [5, 5.41) is 4.07. The minimum atomic E-state index is -0.685. The molecule has 1 N–H and O–H groups in total. The number of rotatable bonds is 8. The lowest BCUT2D eigenvalue weighted by Crippen LogP contribution is -2.49. The summed E-state index contributed by atoms with van der Waals surface area (Å²) in [6.07, 6.45) is 0.424. The number of nitrogens with one attached hydrogen (secondary N) is 1. The number of nitrogens with zero attached hydrogens (tertiary/aromatic N) is 1. The molecule has 0 fully saturated rings. The second-order valence-electron chi connectivity index (χ2n) is 6.46. The molecule has 0 aliphatic heterocycles. The molecule has 0 aliphatic rings. The molecule has 8 heteroatoms. The van der Waals surface area contributed by atoms with Gasteiger partial charge in [0.2, 0.25) is 5.91 Å².